The van der Waals surface area contributed by atoms with Gasteiger partial charge in [0.15, 0.2) is 0 Å². The fraction of sp³-hybridized carbons (Fsp3) is 0.500. The maximum atomic E-state index is 9.33. The van der Waals surface area contributed by atoms with Crippen LogP contribution < -0.4 is 4.90 Å². The van der Waals surface area contributed by atoms with Crippen LogP contribution >= 0.6 is 11.6 Å². The predicted octanol–water partition coefficient (Wildman–Crippen LogP) is 2.06. The van der Waals surface area contributed by atoms with Crippen molar-refractivity contribution >= 4 is 17.3 Å². The highest BCUT2D eigenvalue weighted by atomic mass is 35.5. The summed E-state index contributed by atoms with van der Waals surface area (Å²) in [5, 5.41) is 10.0. The maximum absolute atomic E-state index is 9.33. The molecule has 0 aliphatic carbocycles. The van der Waals surface area contributed by atoms with Crippen molar-refractivity contribution in [2.75, 3.05) is 24.7 Å². The Labute approximate surface area is 101 Å². The first-order chi connectivity index (χ1) is 7.72. The second kappa shape index (κ2) is 5.04. The molecule has 1 aromatic rings. The van der Waals surface area contributed by atoms with Crippen LogP contribution in [0.25, 0.3) is 0 Å². The number of anilines is 1. The molecule has 1 heterocycles. The van der Waals surface area contributed by atoms with E-state index in [0.717, 1.165) is 31.0 Å². The first kappa shape index (κ1) is 11.7. The van der Waals surface area contributed by atoms with E-state index in [1.807, 2.05) is 18.2 Å². The van der Waals surface area contributed by atoms with Gasteiger partial charge < -0.3 is 14.7 Å². The maximum Gasteiger partial charge on any atom is 0.0702 e. The number of nitrogens with zero attached hydrogens (tertiary/aromatic N) is 1. The molecular formula is C12H16ClNO2. The molecule has 0 amide bonds. The van der Waals surface area contributed by atoms with E-state index in [1.165, 1.54) is 0 Å². The Morgan fingerprint density at radius 3 is 3.06 bits per heavy atom. The molecule has 1 aliphatic heterocycles. The van der Waals surface area contributed by atoms with Gasteiger partial charge in [0.2, 0.25) is 0 Å². The third-order valence-electron chi connectivity index (χ3n) is 2.89. The van der Waals surface area contributed by atoms with Crippen LogP contribution in [-0.4, -0.2) is 30.9 Å². The Hall–Kier alpha value is -0.770. The van der Waals surface area contributed by atoms with Gasteiger partial charge in [-0.05, 0) is 19.1 Å². The number of hydrogen-bond acceptors (Lipinski definition) is 3. The molecule has 4 heteroatoms. The molecule has 1 aliphatic rings. The summed E-state index contributed by atoms with van der Waals surface area (Å²) in [5.74, 6) is 0. The molecule has 1 aromatic carbocycles. The number of hydrogen-bond donors (Lipinski definition) is 1. The van der Waals surface area contributed by atoms with Crippen molar-refractivity contribution in [3.63, 3.8) is 0 Å². The van der Waals surface area contributed by atoms with Crippen LogP contribution in [0.1, 0.15) is 12.5 Å². The lowest BCUT2D eigenvalue weighted by Crippen LogP contribution is -2.44. The molecule has 1 N–H and O–H groups in total. The van der Waals surface area contributed by atoms with E-state index in [2.05, 4.69) is 11.8 Å². The Morgan fingerprint density at radius 2 is 2.38 bits per heavy atom. The summed E-state index contributed by atoms with van der Waals surface area (Å²) in [6.07, 6.45) is 0. The van der Waals surface area contributed by atoms with Crippen LogP contribution in [0, 0.1) is 0 Å². The molecule has 3 nitrogen and oxygen atoms in total. The second-order valence-electron chi connectivity index (χ2n) is 4.05. The minimum absolute atomic E-state index is 0.0383. The molecule has 88 valence electrons. The van der Waals surface area contributed by atoms with E-state index < -0.39 is 0 Å². The van der Waals surface area contributed by atoms with Gasteiger partial charge in [-0.2, -0.15) is 0 Å². The molecule has 1 fully saturated rings. The Balaban J connectivity index is 2.33. The molecule has 1 atom stereocenters. The first-order valence-corrected chi connectivity index (χ1v) is 5.84. The second-order valence-corrected chi connectivity index (χ2v) is 4.48. The van der Waals surface area contributed by atoms with Crippen LogP contribution in [0.5, 0.6) is 0 Å². The highest BCUT2D eigenvalue weighted by Crippen LogP contribution is 2.27. The fourth-order valence-electron chi connectivity index (χ4n) is 2.02. The van der Waals surface area contributed by atoms with Gasteiger partial charge in [0.1, 0.15) is 0 Å². The average molecular weight is 242 g/mol. The molecule has 1 saturated heterocycles. The zero-order chi connectivity index (χ0) is 11.5. The number of aliphatic hydroxyl groups is 1. The zero-order valence-corrected chi connectivity index (χ0v) is 10.1. The molecule has 2 rings (SSSR count). The summed E-state index contributed by atoms with van der Waals surface area (Å²) in [5.41, 5.74) is 1.93. The summed E-state index contributed by atoms with van der Waals surface area (Å²) >= 11 is 6.00. The normalized spacial score (nSPS) is 21.2. The van der Waals surface area contributed by atoms with Gasteiger partial charge in [-0.15, -0.1) is 0 Å². The minimum atomic E-state index is 0.0383. The molecule has 0 spiro atoms. The quantitative estimate of drug-likeness (QED) is 0.860. The SMILES string of the molecule is CC1COCCN1c1cc(Cl)ccc1CO. The number of morpholine rings is 1. The molecule has 0 saturated carbocycles. The van der Waals surface area contributed by atoms with Gasteiger partial charge in [-0.25, -0.2) is 0 Å². The standard InChI is InChI=1S/C12H16ClNO2/c1-9-8-16-5-4-14(9)12-6-11(13)3-2-10(12)7-15/h2-3,6,9,15H,4-5,7-8H2,1H3. The lowest BCUT2D eigenvalue weighted by molar-refractivity contribution is 0.0987. The summed E-state index contributed by atoms with van der Waals surface area (Å²) in [7, 11) is 0. The predicted molar refractivity (Wildman–Crippen MR) is 65.0 cm³/mol. The largest absolute Gasteiger partial charge is 0.392 e. The van der Waals surface area contributed by atoms with Crippen LogP contribution in [0.4, 0.5) is 5.69 Å². The van der Waals surface area contributed by atoms with E-state index in [4.69, 9.17) is 16.3 Å². The highest BCUT2D eigenvalue weighted by molar-refractivity contribution is 6.30. The number of rotatable bonds is 2. The summed E-state index contributed by atoms with van der Waals surface area (Å²) in [4.78, 5) is 2.24. The van der Waals surface area contributed by atoms with Gasteiger partial charge in [0.25, 0.3) is 0 Å². The van der Waals surface area contributed by atoms with Crippen molar-refractivity contribution in [1.82, 2.24) is 0 Å². The Bertz CT molecular complexity index is 370. The van der Waals surface area contributed by atoms with E-state index in [0.29, 0.717) is 11.1 Å². The monoisotopic (exact) mass is 241 g/mol. The summed E-state index contributed by atoms with van der Waals surface area (Å²) in [6, 6.07) is 5.91. The topological polar surface area (TPSA) is 32.7 Å². The van der Waals surface area contributed by atoms with Crippen LogP contribution in [0.15, 0.2) is 18.2 Å². The van der Waals surface area contributed by atoms with E-state index in [-0.39, 0.29) is 6.61 Å². The number of benzene rings is 1. The van der Waals surface area contributed by atoms with Gasteiger partial charge >= 0.3 is 0 Å². The Morgan fingerprint density at radius 1 is 1.56 bits per heavy atom. The van der Waals surface area contributed by atoms with Crippen molar-refractivity contribution < 1.29 is 9.84 Å². The Kier molecular flexibility index (Phi) is 3.69. The average Bonchev–Trinajstić information content (AvgIpc) is 2.29. The van der Waals surface area contributed by atoms with Crippen molar-refractivity contribution in [2.45, 2.75) is 19.6 Å². The van der Waals surface area contributed by atoms with Crippen molar-refractivity contribution in [1.29, 1.82) is 0 Å². The highest BCUT2D eigenvalue weighted by Gasteiger charge is 2.21. The van der Waals surface area contributed by atoms with Crippen molar-refractivity contribution in [2.24, 2.45) is 0 Å². The third kappa shape index (κ3) is 2.32. The first-order valence-electron chi connectivity index (χ1n) is 5.46. The molecule has 0 radical (unpaired) electrons. The van der Waals surface area contributed by atoms with Gasteiger partial charge in [0.05, 0.1) is 19.8 Å². The smallest absolute Gasteiger partial charge is 0.0702 e. The molecular weight excluding hydrogens is 226 g/mol. The molecule has 0 aromatic heterocycles. The van der Waals surface area contributed by atoms with Gasteiger partial charge in [0, 0.05) is 28.9 Å². The van der Waals surface area contributed by atoms with E-state index in [9.17, 15) is 5.11 Å². The van der Waals surface area contributed by atoms with Crippen molar-refractivity contribution in [3.05, 3.63) is 28.8 Å². The summed E-state index contributed by atoms with van der Waals surface area (Å²) < 4.78 is 5.40. The van der Waals surface area contributed by atoms with Crippen LogP contribution in [0.3, 0.4) is 0 Å². The minimum Gasteiger partial charge on any atom is -0.392 e. The van der Waals surface area contributed by atoms with Gasteiger partial charge in [-0.3, -0.25) is 0 Å². The van der Waals surface area contributed by atoms with Crippen LogP contribution in [-0.2, 0) is 11.3 Å². The number of aliphatic hydroxyl groups excluding tert-OH is 1. The van der Waals surface area contributed by atoms with Crippen LogP contribution in [0.2, 0.25) is 5.02 Å². The lowest BCUT2D eigenvalue weighted by Gasteiger charge is -2.36. The van der Waals surface area contributed by atoms with E-state index in [1.54, 1.807) is 0 Å². The fourth-order valence-corrected chi connectivity index (χ4v) is 2.19. The molecule has 16 heavy (non-hydrogen) atoms. The summed E-state index contributed by atoms with van der Waals surface area (Å²) in [6.45, 7) is 4.44. The molecule has 1 unspecified atom stereocenters. The lowest BCUT2D eigenvalue weighted by atomic mass is 10.1. The van der Waals surface area contributed by atoms with Crippen molar-refractivity contribution in [3.8, 4) is 0 Å². The van der Waals surface area contributed by atoms with E-state index >= 15 is 0 Å². The van der Waals surface area contributed by atoms with Gasteiger partial charge in [-0.1, -0.05) is 17.7 Å². The molecule has 0 bridgehead atoms. The number of halogens is 1. The number of ether oxygens (including phenoxy) is 1. The third-order valence-corrected chi connectivity index (χ3v) is 3.13. The zero-order valence-electron chi connectivity index (χ0n) is 9.32.